The second-order valence-corrected chi connectivity index (χ2v) is 8.41. The Morgan fingerprint density at radius 3 is 2.38 bits per heavy atom. The third-order valence-corrected chi connectivity index (χ3v) is 6.45. The number of ketones is 1. The summed E-state index contributed by atoms with van der Waals surface area (Å²) in [5.41, 5.74) is 1.06. The fourth-order valence-corrected chi connectivity index (χ4v) is 4.98. The lowest BCUT2D eigenvalue weighted by Gasteiger charge is -2.31. The molecule has 1 saturated carbocycles. The van der Waals surface area contributed by atoms with Crippen LogP contribution in [0.5, 0.6) is 17.2 Å². The number of carbonyl (C=O) groups is 2. The smallest absolute Gasteiger partial charge is 0.295 e. The summed E-state index contributed by atoms with van der Waals surface area (Å²) >= 11 is 0. The van der Waals surface area contributed by atoms with Gasteiger partial charge in [-0.25, -0.2) is 0 Å². The van der Waals surface area contributed by atoms with Crippen LogP contribution in [0.1, 0.15) is 56.7 Å². The molecule has 4 rings (SSSR count). The second-order valence-electron chi connectivity index (χ2n) is 8.41. The molecule has 1 aliphatic heterocycles. The number of nitrogens with zero attached hydrogens (tertiary/aromatic N) is 1. The molecule has 1 N–H and O–H groups in total. The fraction of sp³-hybridized carbons (Fsp3) is 0.407. The topological polar surface area (TPSA) is 85.3 Å². The van der Waals surface area contributed by atoms with E-state index in [2.05, 4.69) is 0 Å². The number of carbonyl (C=O) groups excluding carboxylic acids is 2. The number of ether oxygens (including phenoxy) is 3. The zero-order valence-electron chi connectivity index (χ0n) is 19.9. The zero-order chi connectivity index (χ0) is 24.2. The van der Waals surface area contributed by atoms with E-state index in [1.807, 2.05) is 32.0 Å². The minimum Gasteiger partial charge on any atom is -0.507 e. The van der Waals surface area contributed by atoms with E-state index in [9.17, 15) is 14.7 Å². The summed E-state index contributed by atoms with van der Waals surface area (Å²) in [6, 6.07) is 11.6. The summed E-state index contributed by atoms with van der Waals surface area (Å²) in [4.78, 5) is 28.4. The van der Waals surface area contributed by atoms with E-state index in [4.69, 9.17) is 14.2 Å². The normalized spacial score (nSPS) is 20.1. The predicted molar refractivity (Wildman–Crippen MR) is 128 cm³/mol. The van der Waals surface area contributed by atoms with Crippen LogP contribution in [0.4, 0.5) is 0 Å². The highest BCUT2D eigenvalue weighted by Crippen LogP contribution is 2.46. The van der Waals surface area contributed by atoms with Gasteiger partial charge in [0.15, 0.2) is 0 Å². The van der Waals surface area contributed by atoms with Crippen LogP contribution in [-0.4, -0.2) is 48.1 Å². The van der Waals surface area contributed by atoms with Crippen LogP contribution in [0.15, 0.2) is 48.0 Å². The van der Waals surface area contributed by atoms with Crippen molar-refractivity contribution in [3.8, 4) is 17.2 Å². The van der Waals surface area contributed by atoms with E-state index in [1.165, 1.54) is 0 Å². The van der Waals surface area contributed by atoms with Crippen molar-refractivity contribution in [1.29, 1.82) is 0 Å². The number of aliphatic hydroxyl groups is 1. The maximum atomic E-state index is 13.4. The number of hydrogen-bond donors (Lipinski definition) is 1. The first kappa shape index (κ1) is 23.7. The van der Waals surface area contributed by atoms with Crippen molar-refractivity contribution in [2.24, 2.45) is 0 Å². The Kier molecular flexibility index (Phi) is 7.10. The molecule has 34 heavy (non-hydrogen) atoms. The molecule has 7 heteroatoms. The van der Waals surface area contributed by atoms with Gasteiger partial charge in [-0.05, 0) is 44.9 Å². The molecule has 1 unspecified atom stereocenters. The number of para-hydroxylation sites is 1. The molecule has 1 aliphatic carbocycles. The Morgan fingerprint density at radius 1 is 1.00 bits per heavy atom. The summed E-state index contributed by atoms with van der Waals surface area (Å²) in [5, 5.41) is 11.5. The minimum absolute atomic E-state index is 0.0477. The molecule has 0 radical (unpaired) electrons. The van der Waals surface area contributed by atoms with Crippen molar-refractivity contribution in [3.05, 3.63) is 59.2 Å². The predicted octanol–water partition coefficient (Wildman–Crippen LogP) is 4.86. The van der Waals surface area contributed by atoms with Gasteiger partial charge in [-0.3, -0.25) is 9.59 Å². The molecular formula is C27H31NO6. The van der Waals surface area contributed by atoms with E-state index in [-0.39, 0.29) is 17.4 Å². The molecule has 1 heterocycles. The monoisotopic (exact) mass is 465 g/mol. The number of methoxy groups -OCH3 is 1. The van der Waals surface area contributed by atoms with E-state index < -0.39 is 17.7 Å². The first-order chi connectivity index (χ1) is 16.5. The van der Waals surface area contributed by atoms with Crippen LogP contribution < -0.4 is 14.2 Å². The van der Waals surface area contributed by atoms with Gasteiger partial charge in [0.05, 0.1) is 37.5 Å². The van der Waals surface area contributed by atoms with Crippen molar-refractivity contribution in [1.82, 2.24) is 4.90 Å². The Labute approximate surface area is 199 Å². The maximum Gasteiger partial charge on any atom is 0.295 e. The molecule has 2 aliphatic rings. The first-order valence-corrected chi connectivity index (χ1v) is 11.8. The average molecular weight is 466 g/mol. The Hall–Kier alpha value is -3.48. The van der Waals surface area contributed by atoms with Crippen LogP contribution in [0.2, 0.25) is 0 Å². The van der Waals surface area contributed by atoms with E-state index >= 15 is 0 Å². The Bertz CT molecular complexity index is 1100. The van der Waals surface area contributed by atoms with Crippen molar-refractivity contribution < 1.29 is 28.9 Å². The number of Topliss-reactive ketones (excluding diaryl/α,β-unsaturated/α-hetero) is 1. The van der Waals surface area contributed by atoms with Gasteiger partial charge >= 0.3 is 0 Å². The van der Waals surface area contributed by atoms with Crippen molar-refractivity contribution in [2.45, 2.75) is 51.6 Å². The third-order valence-electron chi connectivity index (χ3n) is 6.45. The number of amides is 1. The number of rotatable bonds is 8. The summed E-state index contributed by atoms with van der Waals surface area (Å²) < 4.78 is 16.9. The van der Waals surface area contributed by atoms with E-state index in [0.717, 1.165) is 25.7 Å². The minimum atomic E-state index is -0.750. The first-order valence-electron chi connectivity index (χ1n) is 11.8. The summed E-state index contributed by atoms with van der Waals surface area (Å²) in [5.74, 6) is -0.0156. The maximum absolute atomic E-state index is 13.4. The molecule has 0 spiro atoms. The third kappa shape index (κ3) is 4.22. The van der Waals surface area contributed by atoms with Crippen molar-refractivity contribution >= 4 is 17.4 Å². The largest absolute Gasteiger partial charge is 0.507 e. The van der Waals surface area contributed by atoms with Gasteiger partial charge in [0.25, 0.3) is 11.7 Å². The van der Waals surface area contributed by atoms with Crippen LogP contribution in [0.3, 0.4) is 0 Å². The molecule has 2 fully saturated rings. The quantitative estimate of drug-likeness (QED) is 0.341. The summed E-state index contributed by atoms with van der Waals surface area (Å²) in [7, 11) is 1.56. The van der Waals surface area contributed by atoms with Crippen LogP contribution >= 0.6 is 0 Å². The fourth-order valence-electron chi connectivity index (χ4n) is 4.98. The molecule has 1 atom stereocenters. The highest BCUT2D eigenvalue weighted by atomic mass is 16.5. The van der Waals surface area contributed by atoms with Crippen molar-refractivity contribution in [3.63, 3.8) is 0 Å². The van der Waals surface area contributed by atoms with Gasteiger partial charge in [-0.15, -0.1) is 0 Å². The highest BCUT2D eigenvalue weighted by Gasteiger charge is 2.50. The van der Waals surface area contributed by atoms with Crippen molar-refractivity contribution in [2.75, 3.05) is 20.3 Å². The zero-order valence-corrected chi connectivity index (χ0v) is 19.9. The van der Waals surface area contributed by atoms with Gasteiger partial charge in [0.1, 0.15) is 23.0 Å². The van der Waals surface area contributed by atoms with Gasteiger partial charge in [-0.2, -0.15) is 0 Å². The van der Waals surface area contributed by atoms with E-state index in [1.54, 1.807) is 36.3 Å². The molecule has 2 aromatic rings. The van der Waals surface area contributed by atoms with Gasteiger partial charge < -0.3 is 24.2 Å². The molecule has 0 bridgehead atoms. The number of benzene rings is 2. The number of aliphatic hydroxyl groups excluding tert-OH is 1. The molecule has 1 amide bonds. The lowest BCUT2D eigenvalue weighted by Crippen LogP contribution is -2.37. The molecule has 180 valence electrons. The molecular weight excluding hydrogens is 434 g/mol. The lowest BCUT2D eigenvalue weighted by molar-refractivity contribution is -0.141. The molecule has 2 aromatic carbocycles. The second kappa shape index (κ2) is 10.2. The van der Waals surface area contributed by atoms with Gasteiger partial charge in [0, 0.05) is 17.7 Å². The Balaban J connectivity index is 1.92. The molecule has 0 aromatic heterocycles. The van der Waals surface area contributed by atoms with E-state index in [0.29, 0.717) is 41.6 Å². The van der Waals surface area contributed by atoms with Crippen LogP contribution in [-0.2, 0) is 9.59 Å². The lowest BCUT2D eigenvalue weighted by atomic mass is 9.93. The SMILES string of the molecule is CCOc1ccc(/C(O)=C2\C(=O)C(=O)N(C3CCCC3)C2c2ccccc2OC)c(OCC)c1. The number of likely N-dealkylation sites (tertiary alicyclic amines) is 1. The summed E-state index contributed by atoms with van der Waals surface area (Å²) in [6.45, 7) is 4.57. The van der Waals surface area contributed by atoms with Crippen LogP contribution in [0.25, 0.3) is 5.76 Å². The van der Waals surface area contributed by atoms with Gasteiger partial charge in [-0.1, -0.05) is 31.0 Å². The Morgan fingerprint density at radius 2 is 1.71 bits per heavy atom. The molecule has 7 nitrogen and oxygen atoms in total. The van der Waals surface area contributed by atoms with Crippen LogP contribution in [0, 0.1) is 0 Å². The standard InChI is InChI=1S/C27H31NO6/c1-4-33-18-14-15-20(22(16-18)34-5-2)25(29)23-24(19-12-8-9-13-21(19)32-3)28(27(31)26(23)30)17-10-6-7-11-17/h8-9,12-17,24,29H,4-7,10-11H2,1-3H3/b25-23+. The highest BCUT2D eigenvalue weighted by molar-refractivity contribution is 6.46. The average Bonchev–Trinajstić information content (AvgIpc) is 3.46. The van der Waals surface area contributed by atoms with Gasteiger partial charge in [0.2, 0.25) is 0 Å². The summed E-state index contributed by atoms with van der Waals surface area (Å²) in [6.07, 6.45) is 3.65. The molecule has 1 saturated heterocycles. The number of hydrogen-bond acceptors (Lipinski definition) is 6.